The molecule has 0 bridgehead atoms. The van der Waals surface area contributed by atoms with E-state index in [1.165, 1.54) is 18.2 Å². The van der Waals surface area contributed by atoms with Gasteiger partial charge in [0.05, 0.1) is 13.2 Å². The van der Waals surface area contributed by atoms with Gasteiger partial charge in [0, 0.05) is 11.3 Å². The number of benzene rings is 2. The van der Waals surface area contributed by atoms with Crippen molar-refractivity contribution in [3.63, 3.8) is 0 Å². The van der Waals surface area contributed by atoms with Crippen LogP contribution in [0.5, 0.6) is 5.75 Å². The molecule has 0 saturated heterocycles. The van der Waals surface area contributed by atoms with Crippen molar-refractivity contribution >= 4 is 28.8 Å². The summed E-state index contributed by atoms with van der Waals surface area (Å²) >= 11 is 1.05. The van der Waals surface area contributed by atoms with Crippen LogP contribution in [-0.4, -0.2) is 28.6 Å². The zero-order valence-electron chi connectivity index (χ0n) is 14.9. The van der Waals surface area contributed by atoms with Gasteiger partial charge in [-0.3, -0.25) is 9.59 Å². The standard InChI is InChI=1S/C19H17FN4O3S/c1-2-27-15-8-6-12(7-9-15)17(25)21-11-16-23-24-19(28-16)18(26)22-14-5-3-4-13(20)10-14/h3-10H,2,11H2,1H3,(H,21,25)(H,22,26). The molecule has 0 aliphatic rings. The molecule has 2 aromatic carbocycles. The van der Waals surface area contributed by atoms with Crippen LogP contribution in [-0.2, 0) is 6.54 Å². The number of amides is 2. The molecule has 3 rings (SSSR count). The van der Waals surface area contributed by atoms with E-state index in [-0.39, 0.29) is 17.5 Å². The number of carbonyl (C=O) groups excluding carboxylic acids is 2. The van der Waals surface area contributed by atoms with Gasteiger partial charge in [-0.1, -0.05) is 17.4 Å². The Hall–Kier alpha value is -3.33. The lowest BCUT2D eigenvalue weighted by atomic mass is 10.2. The number of nitrogens with one attached hydrogen (secondary N) is 2. The van der Waals surface area contributed by atoms with E-state index in [0.29, 0.717) is 28.6 Å². The van der Waals surface area contributed by atoms with E-state index in [2.05, 4.69) is 20.8 Å². The van der Waals surface area contributed by atoms with Gasteiger partial charge in [-0.15, -0.1) is 10.2 Å². The van der Waals surface area contributed by atoms with Crippen molar-refractivity contribution in [2.45, 2.75) is 13.5 Å². The lowest BCUT2D eigenvalue weighted by Gasteiger charge is -2.05. The van der Waals surface area contributed by atoms with Crippen molar-refractivity contribution < 1.29 is 18.7 Å². The van der Waals surface area contributed by atoms with Crippen LogP contribution in [0.3, 0.4) is 0 Å². The van der Waals surface area contributed by atoms with Gasteiger partial charge in [0.15, 0.2) is 0 Å². The minimum Gasteiger partial charge on any atom is -0.494 e. The average molecular weight is 400 g/mol. The van der Waals surface area contributed by atoms with Gasteiger partial charge < -0.3 is 15.4 Å². The molecule has 0 unspecified atom stereocenters. The minimum atomic E-state index is -0.493. The predicted molar refractivity (Wildman–Crippen MR) is 103 cm³/mol. The third kappa shape index (κ3) is 5.10. The van der Waals surface area contributed by atoms with E-state index in [0.717, 1.165) is 11.3 Å². The first-order chi connectivity index (χ1) is 13.5. The molecule has 2 N–H and O–H groups in total. The largest absolute Gasteiger partial charge is 0.494 e. The Morgan fingerprint density at radius 3 is 2.61 bits per heavy atom. The van der Waals surface area contributed by atoms with Crippen LogP contribution in [0.4, 0.5) is 10.1 Å². The molecule has 28 heavy (non-hydrogen) atoms. The lowest BCUT2D eigenvalue weighted by Crippen LogP contribution is -2.22. The second kappa shape index (κ2) is 9.05. The molecule has 0 saturated carbocycles. The summed E-state index contributed by atoms with van der Waals surface area (Å²) in [6.07, 6.45) is 0. The van der Waals surface area contributed by atoms with Crippen LogP contribution in [0, 0.1) is 5.82 Å². The molecule has 0 aliphatic carbocycles. The highest BCUT2D eigenvalue weighted by Crippen LogP contribution is 2.15. The predicted octanol–water partition coefficient (Wildman–Crippen LogP) is 3.26. The maximum Gasteiger partial charge on any atom is 0.286 e. The Balaban J connectivity index is 1.55. The fourth-order valence-corrected chi connectivity index (χ4v) is 2.97. The first kappa shape index (κ1) is 19.4. The summed E-state index contributed by atoms with van der Waals surface area (Å²) in [5, 5.41) is 13.6. The Morgan fingerprint density at radius 2 is 1.89 bits per heavy atom. The number of hydrogen-bond donors (Lipinski definition) is 2. The highest BCUT2D eigenvalue weighted by atomic mass is 32.1. The molecular weight excluding hydrogens is 383 g/mol. The summed E-state index contributed by atoms with van der Waals surface area (Å²) in [7, 11) is 0. The second-order valence-corrected chi connectivity index (χ2v) is 6.67. The molecular formula is C19H17FN4O3S. The summed E-state index contributed by atoms with van der Waals surface area (Å²) in [6, 6.07) is 12.3. The van der Waals surface area contributed by atoms with Crippen LogP contribution in [0.1, 0.15) is 32.1 Å². The molecule has 0 atom stereocenters. The van der Waals surface area contributed by atoms with E-state index in [4.69, 9.17) is 4.74 Å². The molecule has 3 aromatic rings. The molecule has 0 fully saturated rings. The first-order valence-electron chi connectivity index (χ1n) is 8.45. The normalized spacial score (nSPS) is 10.4. The minimum absolute atomic E-state index is 0.120. The van der Waals surface area contributed by atoms with E-state index >= 15 is 0 Å². The molecule has 2 amide bonds. The number of halogens is 1. The summed E-state index contributed by atoms with van der Waals surface area (Å²) in [5.41, 5.74) is 0.808. The quantitative estimate of drug-likeness (QED) is 0.635. The van der Waals surface area contributed by atoms with Crippen molar-refractivity contribution in [2.75, 3.05) is 11.9 Å². The molecule has 1 heterocycles. The summed E-state index contributed by atoms with van der Waals surface area (Å²) in [6.45, 7) is 2.57. The van der Waals surface area contributed by atoms with Gasteiger partial charge in [-0.2, -0.15) is 0 Å². The maximum atomic E-state index is 13.2. The number of rotatable bonds is 7. The van der Waals surface area contributed by atoms with Gasteiger partial charge in [0.1, 0.15) is 16.6 Å². The molecule has 0 aliphatic heterocycles. The average Bonchev–Trinajstić information content (AvgIpc) is 3.16. The van der Waals surface area contributed by atoms with Gasteiger partial charge in [-0.05, 0) is 49.4 Å². The van der Waals surface area contributed by atoms with E-state index in [9.17, 15) is 14.0 Å². The Kier molecular flexibility index (Phi) is 6.28. The van der Waals surface area contributed by atoms with E-state index in [1.54, 1.807) is 30.3 Å². The molecule has 7 nitrogen and oxygen atoms in total. The number of aromatic nitrogens is 2. The van der Waals surface area contributed by atoms with Crippen molar-refractivity contribution in [1.29, 1.82) is 0 Å². The van der Waals surface area contributed by atoms with Crippen molar-refractivity contribution in [3.8, 4) is 5.75 Å². The zero-order valence-corrected chi connectivity index (χ0v) is 15.8. The summed E-state index contributed by atoms with van der Waals surface area (Å²) < 4.78 is 18.5. The summed E-state index contributed by atoms with van der Waals surface area (Å²) in [5.74, 6) is -0.527. The van der Waals surface area contributed by atoms with E-state index < -0.39 is 11.7 Å². The van der Waals surface area contributed by atoms with Crippen molar-refractivity contribution in [2.24, 2.45) is 0 Å². The Bertz CT molecular complexity index is 975. The number of nitrogens with zero attached hydrogens (tertiary/aromatic N) is 2. The van der Waals surface area contributed by atoms with Crippen LogP contribution in [0.2, 0.25) is 0 Å². The van der Waals surface area contributed by atoms with Gasteiger partial charge in [0.2, 0.25) is 5.01 Å². The fraction of sp³-hybridized carbons (Fsp3) is 0.158. The smallest absolute Gasteiger partial charge is 0.286 e. The Morgan fingerprint density at radius 1 is 1.11 bits per heavy atom. The SMILES string of the molecule is CCOc1ccc(C(=O)NCc2nnc(C(=O)Nc3cccc(F)c3)s2)cc1. The third-order valence-corrected chi connectivity index (χ3v) is 4.49. The molecule has 144 valence electrons. The monoisotopic (exact) mass is 400 g/mol. The number of carbonyl (C=O) groups is 2. The van der Waals surface area contributed by atoms with Crippen LogP contribution < -0.4 is 15.4 Å². The lowest BCUT2D eigenvalue weighted by molar-refractivity contribution is 0.0949. The molecule has 0 radical (unpaired) electrons. The number of ether oxygens (including phenoxy) is 1. The second-order valence-electron chi connectivity index (χ2n) is 5.61. The molecule has 0 spiro atoms. The fourth-order valence-electron chi connectivity index (χ4n) is 2.29. The van der Waals surface area contributed by atoms with Crippen LogP contribution in [0.25, 0.3) is 0 Å². The molecule has 9 heteroatoms. The highest BCUT2D eigenvalue weighted by Gasteiger charge is 2.14. The van der Waals surface area contributed by atoms with Crippen molar-refractivity contribution in [1.82, 2.24) is 15.5 Å². The van der Waals surface area contributed by atoms with Crippen LogP contribution in [0.15, 0.2) is 48.5 Å². The van der Waals surface area contributed by atoms with Gasteiger partial charge >= 0.3 is 0 Å². The number of hydrogen-bond acceptors (Lipinski definition) is 6. The first-order valence-corrected chi connectivity index (χ1v) is 9.27. The Labute approximate surface area is 164 Å². The third-order valence-electron chi connectivity index (χ3n) is 3.57. The summed E-state index contributed by atoms with van der Waals surface area (Å²) in [4.78, 5) is 24.3. The van der Waals surface area contributed by atoms with Crippen molar-refractivity contribution in [3.05, 3.63) is 69.9 Å². The topological polar surface area (TPSA) is 93.2 Å². The van der Waals surface area contributed by atoms with Gasteiger partial charge in [0.25, 0.3) is 11.8 Å². The zero-order chi connectivity index (χ0) is 19.9. The molecule has 1 aromatic heterocycles. The van der Waals surface area contributed by atoms with Crippen LogP contribution >= 0.6 is 11.3 Å². The van der Waals surface area contributed by atoms with Gasteiger partial charge in [-0.25, -0.2) is 4.39 Å². The number of anilines is 1. The van der Waals surface area contributed by atoms with E-state index in [1.807, 2.05) is 6.92 Å². The highest BCUT2D eigenvalue weighted by molar-refractivity contribution is 7.13. The maximum absolute atomic E-state index is 13.2.